The quantitative estimate of drug-likeness (QED) is 0.562. The van der Waals surface area contributed by atoms with Crippen LogP contribution in [0.15, 0.2) is 30.3 Å². The minimum atomic E-state index is -4.61. The Kier molecular flexibility index (Phi) is 3.42. The number of hydrogen-bond donors (Lipinski definition) is 2. The van der Waals surface area contributed by atoms with Gasteiger partial charge in [0.1, 0.15) is 6.04 Å². The van der Waals surface area contributed by atoms with Crippen LogP contribution in [0.2, 0.25) is 0 Å². The van der Waals surface area contributed by atoms with Crippen molar-refractivity contribution in [2.45, 2.75) is 24.6 Å². The zero-order valence-electron chi connectivity index (χ0n) is 11.4. The zero-order valence-corrected chi connectivity index (χ0v) is 12.2. The number of nitrogens with zero attached hydrogens (tertiary/aromatic N) is 2. The predicted octanol–water partition coefficient (Wildman–Crippen LogP) is -0.665. The van der Waals surface area contributed by atoms with Crippen molar-refractivity contribution in [2.75, 3.05) is 6.54 Å². The topological polar surface area (TPSA) is 115 Å². The number of hydrogen-bond acceptors (Lipinski definition) is 5. The molecule has 0 aliphatic carbocycles. The minimum absolute atomic E-state index is 0.149. The van der Waals surface area contributed by atoms with Crippen molar-refractivity contribution < 1.29 is 27.7 Å². The number of aliphatic hydroxyl groups is 1. The summed E-state index contributed by atoms with van der Waals surface area (Å²) in [6.07, 6.45) is -1.17. The number of rotatable bonds is 3. The van der Waals surface area contributed by atoms with Crippen LogP contribution in [0.3, 0.4) is 0 Å². The third-order valence-electron chi connectivity index (χ3n) is 4.02. The summed E-state index contributed by atoms with van der Waals surface area (Å²) in [5.74, 6) is -1.50. The van der Waals surface area contributed by atoms with Gasteiger partial charge in [-0.3, -0.25) is 14.1 Å². The van der Waals surface area contributed by atoms with Gasteiger partial charge in [-0.15, -0.1) is 0 Å². The molecule has 0 saturated carbocycles. The molecule has 1 aromatic carbocycles. The highest BCUT2D eigenvalue weighted by Gasteiger charge is 2.60. The maximum atomic E-state index is 12.3. The van der Waals surface area contributed by atoms with Gasteiger partial charge in [-0.1, -0.05) is 30.3 Å². The van der Waals surface area contributed by atoms with Crippen LogP contribution in [0.25, 0.3) is 0 Å². The number of benzene rings is 1. The largest absolute Gasteiger partial charge is 0.378 e. The molecule has 0 aromatic heterocycles. The fourth-order valence-corrected chi connectivity index (χ4v) is 3.90. The maximum absolute atomic E-state index is 12.3. The summed E-state index contributed by atoms with van der Waals surface area (Å²) in [5, 5.41) is 10.1. The highest BCUT2D eigenvalue weighted by atomic mass is 32.2. The van der Waals surface area contributed by atoms with Gasteiger partial charge < -0.3 is 10.0 Å². The van der Waals surface area contributed by atoms with E-state index < -0.39 is 40.3 Å². The molecule has 2 aliphatic rings. The lowest BCUT2D eigenvalue weighted by molar-refractivity contribution is -0.155. The van der Waals surface area contributed by atoms with Crippen LogP contribution in [0.1, 0.15) is 18.1 Å². The summed E-state index contributed by atoms with van der Waals surface area (Å²) in [6, 6.07) is 6.57. The first kappa shape index (κ1) is 14.9. The molecule has 2 heterocycles. The molecule has 118 valence electrons. The molecule has 2 amide bonds. The van der Waals surface area contributed by atoms with Gasteiger partial charge >= 0.3 is 10.3 Å². The molecular formula is C13H14N2O6S. The van der Waals surface area contributed by atoms with Crippen LogP contribution >= 0.6 is 0 Å². The van der Waals surface area contributed by atoms with Crippen molar-refractivity contribution in [2.24, 2.45) is 0 Å². The summed E-state index contributed by atoms with van der Waals surface area (Å²) < 4.78 is 31.6. The Bertz CT molecular complexity index is 719. The summed E-state index contributed by atoms with van der Waals surface area (Å²) >= 11 is 0. The number of carbonyl (C=O) groups excluding carboxylic acids is 2. The molecular weight excluding hydrogens is 312 g/mol. The molecule has 3 atom stereocenters. The third-order valence-corrected chi connectivity index (χ3v) is 4.97. The highest BCUT2D eigenvalue weighted by molar-refractivity contribution is 7.84. The van der Waals surface area contributed by atoms with E-state index in [2.05, 4.69) is 0 Å². The Morgan fingerprint density at radius 1 is 1.27 bits per heavy atom. The van der Waals surface area contributed by atoms with Crippen LogP contribution in [-0.2, 0) is 19.9 Å². The monoisotopic (exact) mass is 326 g/mol. The maximum Gasteiger partial charge on any atom is 0.362 e. The van der Waals surface area contributed by atoms with Gasteiger partial charge in [-0.05, 0) is 12.0 Å². The molecule has 2 saturated heterocycles. The van der Waals surface area contributed by atoms with Crippen LogP contribution in [0.4, 0.5) is 0 Å². The molecule has 0 radical (unpaired) electrons. The first-order chi connectivity index (χ1) is 10.3. The van der Waals surface area contributed by atoms with Gasteiger partial charge in [0, 0.05) is 6.54 Å². The first-order valence-electron chi connectivity index (χ1n) is 6.66. The Hall–Kier alpha value is -1.97. The fourth-order valence-electron chi connectivity index (χ4n) is 3.00. The van der Waals surface area contributed by atoms with Crippen molar-refractivity contribution >= 4 is 22.1 Å². The Morgan fingerprint density at radius 2 is 1.91 bits per heavy atom. The normalized spacial score (nSPS) is 25.6. The summed E-state index contributed by atoms with van der Waals surface area (Å²) in [5.41, 5.74) is 0.398. The van der Waals surface area contributed by atoms with Gasteiger partial charge in [0.25, 0.3) is 11.8 Å². The van der Waals surface area contributed by atoms with Crippen molar-refractivity contribution in [1.29, 1.82) is 0 Å². The molecule has 0 bridgehead atoms. The Labute approximate surface area is 126 Å². The van der Waals surface area contributed by atoms with Gasteiger partial charge in [-0.25, -0.2) is 4.31 Å². The molecule has 0 spiro atoms. The van der Waals surface area contributed by atoms with Crippen LogP contribution in [0.5, 0.6) is 0 Å². The van der Waals surface area contributed by atoms with Crippen LogP contribution < -0.4 is 0 Å². The van der Waals surface area contributed by atoms with Crippen molar-refractivity contribution in [3.8, 4) is 0 Å². The SMILES string of the molecule is O=C([C@@H](O)c1ccccc1)N1CC[C@@H]2[C@H]1C(=O)N2S(=O)(=O)O. The standard InChI is InChI=1S/C13H14N2O6S/c16-11(8-4-2-1-3-5-8)13(18)14-7-6-9-10(14)12(17)15(9)22(19,20)21/h1-5,9-11,16H,6-7H2,(H,19,20,21)/t9-,10+,11+/m1/s1. The van der Waals surface area contributed by atoms with Crippen LogP contribution in [0, 0.1) is 0 Å². The summed E-state index contributed by atoms with van der Waals surface area (Å²) in [7, 11) is -4.61. The van der Waals surface area contributed by atoms with Gasteiger partial charge in [0.05, 0.1) is 6.04 Å². The molecule has 3 rings (SSSR count). The van der Waals surface area contributed by atoms with E-state index in [1.54, 1.807) is 30.3 Å². The lowest BCUT2D eigenvalue weighted by Crippen LogP contribution is -2.68. The number of likely N-dealkylation sites (tertiary alicyclic amines) is 1. The molecule has 2 N–H and O–H groups in total. The number of carbonyl (C=O) groups is 2. The average Bonchev–Trinajstić information content (AvgIpc) is 2.83. The van der Waals surface area contributed by atoms with Gasteiger partial charge in [0.2, 0.25) is 0 Å². The number of fused-ring (bicyclic) bond motifs is 1. The van der Waals surface area contributed by atoms with Crippen LogP contribution in [-0.4, -0.2) is 57.7 Å². The Balaban J connectivity index is 1.78. The average molecular weight is 326 g/mol. The molecule has 9 heteroatoms. The van der Waals surface area contributed by atoms with E-state index in [1.165, 1.54) is 4.90 Å². The van der Waals surface area contributed by atoms with E-state index in [-0.39, 0.29) is 13.0 Å². The number of amides is 2. The number of β-lactam (4-membered cyclic amide) rings is 1. The Morgan fingerprint density at radius 3 is 2.50 bits per heavy atom. The molecule has 2 fully saturated rings. The van der Waals surface area contributed by atoms with E-state index in [0.717, 1.165) is 0 Å². The second-order valence-electron chi connectivity index (χ2n) is 5.26. The lowest BCUT2D eigenvalue weighted by atomic mass is 9.99. The molecule has 22 heavy (non-hydrogen) atoms. The van der Waals surface area contributed by atoms with E-state index in [1.807, 2.05) is 0 Å². The highest BCUT2D eigenvalue weighted by Crippen LogP contribution is 2.36. The summed E-state index contributed by atoms with van der Waals surface area (Å²) in [6.45, 7) is 0.149. The molecule has 0 unspecified atom stereocenters. The molecule has 8 nitrogen and oxygen atoms in total. The molecule has 2 aliphatic heterocycles. The fraction of sp³-hybridized carbons (Fsp3) is 0.385. The van der Waals surface area contributed by atoms with Crippen molar-refractivity contribution in [3.63, 3.8) is 0 Å². The van der Waals surface area contributed by atoms with E-state index >= 15 is 0 Å². The number of aliphatic hydroxyl groups excluding tert-OH is 1. The van der Waals surface area contributed by atoms with Gasteiger partial charge in [-0.2, -0.15) is 8.42 Å². The van der Waals surface area contributed by atoms with E-state index in [9.17, 15) is 23.1 Å². The zero-order chi connectivity index (χ0) is 16.1. The van der Waals surface area contributed by atoms with Gasteiger partial charge in [0.15, 0.2) is 6.10 Å². The smallest absolute Gasteiger partial charge is 0.362 e. The second kappa shape index (κ2) is 5.04. The van der Waals surface area contributed by atoms with E-state index in [4.69, 9.17) is 4.55 Å². The lowest BCUT2D eigenvalue weighted by Gasteiger charge is -2.42. The van der Waals surface area contributed by atoms with Crippen molar-refractivity contribution in [1.82, 2.24) is 9.21 Å². The predicted molar refractivity (Wildman–Crippen MR) is 73.7 cm³/mol. The third kappa shape index (κ3) is 2.18. The molecule has 1 aromatic rings. The first-order valence-corrected chi connectivity index (χ1v) is 8.06. The minimum Gasteiger partial charge on any atom is -0.378 e. The van der Waals surface area contributed by atoms with E-state index in [0.29, 0.717) is 9.87 Å². The van der Waals surface area contributed by atoms with Crippen molar-refractivity contribution in [3.05, 3.63) is 35.9 Å². The summed E-state index contributed by atoms with van der Waals surface area (Å²) in [4.78, 5) is 25.4. The second-order valence-corrected chi connectivity index (χ2v) is 6.55.